The fraction of sp³-hybridized carbons (Fsp3) is 0.100. The summed E-state index contributed by atoms with van der Waals surface area (Å²) >= 11 is 0. The SMILES string of the molecule is CO[C]([O])[CH][C]([O])c1cccc([N+](=O)[O-])c1.[Na+]. The average Bonchev–Trinajstić information content (AvgIpc) is 2.28. The number of nitro groups is 1. The Morgan fingerprint density at radius 2 is 2.06 bits per heavy atom. The number of nitrogens with zero attached hydrogens (tertiary/aromatic N) is 1. The summed E-state index contributed by atoms with van der Waals surface area (Å²) in [5, 5.41) is 32.6. The second-order valence-corrected chi connectivity index (χ2v) is 2.84. The number of non-ortho nitro benzene ring substituents is 1. The van der Waals surface area contributed by atoms with E-state index in [0.29, 0.717) is 0 Å². The molecule has 0 fully saturated rings. The topological polar surface area (TPSA) is 92.2 Å². The van der Waals surface area contributed by atoms with Crippen LogP contribution >= 0.6 is 0 Å². The molecule has 0 aliphatic rings. The van der Waals surface area contributed by atoms with Crippen LogP contribution in [0.4, 0.5) is 5.69 Å². The van der Waals surface area contributed by atoms with Gasteiger partial charge in [-0.15, -0.1) is 0 Å². The van der Waals surface area contributed by atoms with Crippen molar-refractivity contribution in [1.82, 2.24) is 0 Å². The van der Waals surface area contributed by atoms with Crippen molar-refractivity contribution in [2.45, 2.75) is 0 Å². The third kappa shape index (κ3) is 5.12. The van der Waals surface area contributed by atoms with Gasteiger partial charge in [-0.2, -0.15) is 5.11 Å². The Morgan fingerprint density at radius 3 is 2.59 bits per heavy atom. The second-order valence-electron chi connectivity index (χ2n) is 2.84. The standard InChI is InChI=1S/C10H8NO5.Na/c1-16-10(13)6-9(12)7-3-2-4-8(5-7)11(14)15;/h2-6H,1H3;/q;+1. The van der Waals surface area contributed by atoms with Gasteiger partial charge in [0.25, 0.3) is 12.0 Å². The van der Waals surface area contributed by atoms with Crippen molar-refractivity contribution in [1.29, 1.82) is 0 Å². The van der Waals surface area contributed by atoms with Crippen molar-refractivity contribution in [2.75, 3.05) is 7.11 Å². The molecule has 83 valence electrons. The molecule has 5 radical (unpaired) electrons. The van der Waals surface area contributed by atoms with Crippen LogP contribution in [0.5, 0.6) is 0 Å². The van der Waals surface area contributed by atoms with Gasteiger partial charge in [0.15, 0.2) is 6.10 Å². The van der Waals surface area contributed by atoms with Crippen molar-refractivity contribution < 1.29 is 49.4 Å². The van der Waals surface area contributed by atoms with Crippen molar-refractivity contribution in [3.63, 3.8) is 0 Å². The van der Waals surface area contributed by atoms with Crippen molar-refractivity contribution >= 4 is 5.69 Å². The van der Waals surface area contributed by atoms with Gasteiger partial charge in [-0.25, -0.2) is 5.11 Å². The number of hydrogen-bond acceptors (Lipinski definition) is 3. The van der Waals surface area contributed by atoms with Gasteiger partial charge in [0, 0.05) is 19.2 Å². The van der Waals surface area contributed by atoms with E-state index in [1.54, 1.807) is 0 Å². The first-order valence-electron chi connectivity index (χ1n) is 4.26. The van der Waals surface area contributed by atoms with Gasteiger partial charge >= 0.3 is 29.6 Å². The number of hydrogen-bond donors (Lipinski definition) is 0. The van der Waals surface area contributed by atoms with Gasteiger partial charge in [0.2, 0.25) is 0 Å². The summed E-state index contributed by atoms with van der Waals surface area (Å²) in [5.41, 5.74) is -0.135. The minimum absolute atomic E-state index is 0. The molecule has 7 heteroatoms. The summed E-state index contributed by atoms with van der Waals surface area (Å²) < 4.78 is 4.27. The van der Waals surface area contributed by atoms with Crippen LogP contribution in [0.25, 0.3) is 0 Å². The van der Waals surface area contributed by atoms with E-state index in [1.165, 1.54) is 18.2 Å². The molecule has 0 spiro atoms. The first kappa shape index (κ1) is 16.5. The molecule has 0 amide bonds. The molecule has 1 aromatic carbocycles. The molecule has 1 rings (SSSR count). The molecule has 0 saturated carbocycles. The molecule has 0 unspecified atom stereocenters. The summed E-state index contributed by atoms with van der Waals surface area (Å²) in [6.07, 6.45) is -0.689. The Morgan fingerprint density at radius 1 is 1.41 bits per heavy atom. The number of rotatable bonds is 5. The Kier molecular flexibility index (Phi) is 7.53. The van der Waals surface area contributed by atoms with Crippen LogP contribution < -0.4 is 29.6 Å². The minimum atomic E-state index is -0.795. The van der Waals surface area contributed by atoms with Gasteiger partial charge in [-0.3, -0.25) is 10.1 Å². The van der Waals surface area contributed by atoms with Gasteiger partial charge in [-0.1, -0.05) is 12.1 Å². The first-order chi connectivity index (χ1) is 7.54. The molecule has 17 heavy (non-hydrogen) atoms. The monoisotopic (exact) mass is 245 g/mol. The van der Waals surface area contributed by atoms with Crippen LogP contribution in [0, 0.1) is 28.9 Å². The molecule has 0 N–H and O–H groups in total. The van der Waals surface area contributed by atoms with Crippen LogP contribution in [0.15, 0.2) is 24.3 Å². The van der Waals surface area contributed by atoms with Crippen LogP contribution in [0.3, 0.4) is 0 Å². The van der Waals surface area contributed by atoms with E-state index in [4.69, 9.17) is 0 Å². The number of methoxy groups -OCH3 is 1. The first-order valence-corrected chi connectivity index (χ1v) is 4.26. The summed E-state index contributed by atoms with van der Waals surface area (Å²) in [4.78, 5) is 9.83. The van der Waals surface area contributed by atoms with Gasteiger partial charge in [0.05, 0.1) is 11.3 Å². The molecular weight excluding hydrogens is 237 g/mol. The molecule has 0 aliphatic heterocycles. The van der Waals surface area contributed by atoms with Gasteiger partial charge in [0.1, 0.15) is 0 Å². The maximum Gasteiger partial charge on any atom is 1.00 e. The van der Waals surface area contributed by atoms with Crippen molar-refractivity contribution in [3.8, 4) is 0 Å². The summed E-state index contributed by atoms with van der Waals surface area (Å²) in [6, 6.07) is 5.11. The fourth-order valence-corrected chi connectivity index (χ4v) is 1.02. The third-order valence-corrected chi connectivity index (χ3v) is 1.79. The van der Waals surface area contributed by atoms with Crippen LogP contribution in [-0.4, -0.2) is 12.0 Å². The molecule has 0 aliphatic carbocycles. The molecule has 0 saturated heterocycles. The predicted molar refractivity (Wildman–Crippen MR) is 51.4 cm³/mol. The Labute approximate surface area is 121 Å². The summed E-state index contributed by atoms with van der Waals surface area (Å²) in [7, 11) is 1.14. The average molecular weight is 245 g/mol. The Hall–Kier alpha value is -0.500. The van der Waals surface area contributed by atoms with E-state index in [9.17, 15) is 20.3 Å². The zero-order valence-electron chi connectivity index (χ0n) is 9.38. The number of benzene rings is 1. The quantitative estimate of drug-likeness (QED) is 0.366. The third-order valence-electron chi connectivity index (χ3n) is 1.79. The molecule has 0 aromatic heterocycles. The second kappa shape index (κ2) is 7.75. The number of ether oxygens (including phenoxy) is 1. The van der Waals surface area contributed by atoms with E-state index >= 15 is 0 Å². The van der Waals surface area contributed by atoms with Crippen LogP contribution in [-0.2, 0) is 14.9 Å². The molecule has 6 nitrogen and oxygen atoms in total. The van der Waals surface area contributed by atoms with Crippen molar-refractivity contribution in [2.24, 2.45) is 0 Å². The maximum absolute atomic E-state index is 11.4. The Bertz CT molecular complexity index is 373. The van der Waals surface area contributed by atoms with Crippen LogP contribution in [0.1, 0.15) is 5.56 Å². The smallest absolute Gasteiger partial charge is 0.346 e. The molecule has 0 heterocycles. The molecule has 0 bridgehead atoms. The van der Waals surface area contributed by atoms with E-state index in [1.807, 2.05) is 0 Å². The molecular formula is C10H8NNaO5+. The zero-order valence-corrected chi connectivity index (χ0v) is 11.4. The zero-order chi connectivity index (χ0) is 12.1. The largest absolute Gasteiger partial charge is 1.00 e. The Balaban J connectivity index is 0.00000256. The summed E-state index contributed by atoms with van der Waals surface area (Å²) in [5.74, 6) is 0. The molecule has 0 atom stereocenters. The van der Waals surface area contributed by atoms with E-state index in [2.05, 4.69) is 4.74 Å². The van der Waals surface area contributed by atoms with E-state index in [-0.39, 0.29) is 40.8 Å². The van der Waals surface area contributed by atoms with Gasteiger partial charge < -0.3 is 4.74 Å². The van der Waals surface area contributed by atoms with Crippen molar-refractivity contribution in [3.05, 3.63) is 58.8 Å². The van der Waals surface area contributed by atoms with Crippen LogP contribution in [0.2, 0.25) is 0 Å². The normalized spacial score (nSPS) is 10.4. The van der Waals surface area contributed by atoms with Gasteiger partial charge in [-0.05, 0) is 5.56 Å². The molecule has 1 aromatic rings. The summed E-state index contributed by atoms with van der Waals surface area (Å²) in [6.45, 7) is 0. The number of nitro benzene ring substituents is 1. The van der Waals surface area contributed by atoms with E-state index < -0.39 is 17.3 Å². The fourth-order valence-electron chi connectivity index (χ4n) is 1.02. The van der Waals surface area contributed by atoms with E-state index in [0.717, 1.165) is 19.6 Å². The maximum atomic E-state index is 11.4. The minimum Gasteiger partial charge on any atom is -0.346 e. The predicted octanol–water partition coefficient (Wildman–Crippen LogP) is -1.32.